The summed E-state index contributed by atoms with van der Waals surface area (Å²) in [5.41, 5.74) is 2.59. The molecule has 1 nitrogen and oxygen atoms in total. The van der Waals surface area contributed by atoms with Crippen molar-refractivity contribution in [3.63, 3.8) is 0 Å². The van der Waals surface area contributed by atoms with E-state index in [2.05, 4.69) is 35.1 Å². The van der Waals surface area contributed by atoms with Crippen LogP contribution in [0.1, 0.15) is 11.1 Å². The molecule has 0 aliphatic carbocycles. The van der Waals surface area contributed by atoms with Crippen molar-refractivity contribution in [2.45, 2.75) is 12.8 Å². The van der Waals surface area contributed by atoms with Crippen LogP contribution in [-0.4, -0.2) is 7.11 Å². The SMILES string of the molecule is COc1c(F)cc(-c2ccc(CCc3ccc4ccccc4c3)cc2)c(F)c1F. The van der Waals surface area contributed by atoms with Gasteiger partial charge in [0.1, 0.15) is 0 Å². The van der Waals surface area contributed by atoms with Crippen LogP contribution in [0, 0.1) is 17.5 Å². The maximum absolute atomic E-state index is 14.3. The van der Waals surface area contributed by atoms with E-state index in [4.69, 9.17) is 0 Å². The average Bonchev–Trinajstić information content (AvgIpc) is 2.75. The van der Waals surface area contributed by atoms with E-state index in [0.717, 1.165) is 31.6 Å². The van der Waals surface area contributed by atoms with E-state index < -0.39 is 23.2 Å². The van der Waals surface area contributed by atoms with Gasteiger partial charge >= 0.3 is 0 Å². The van der Waals surface area contributed by atoms with Crippen molar-refractivity contribution in [3.05, 3.63) is 101 Å². The van der Waals surface area contributed by atoms with Crippen LogP contribution in [0.4, 0.5) is 13.2 Å². The number of rotatable bonds is 5. The summed E-state index contributed by atoms with van der Waals surface area (Å²) in [5, 5.41) is 2.42. The second-order valence-corrected chi connectivity index (χ2v) is 6.95. The lowest BCUT2D eigenvalue weighted by atomic mass is 9.98. The van der Waals surface area contributed by atoms with Gasteiger partial charge in [-0.15, -0.1) is 0 Å². The molecule has 4 heteroatoms. The molecule has 0 heterocycles. The second-order valence-electron chi connectivity index (χ2n) is 6.95. The van der Waals surface area contributed by atoms with Crippen molar-refractivity contribution in [1.29, 1.82) is 0 Å². The number of ether oxygens (including phenoxy) is 1. The molecule has 0 aromatic heterocycles. The van der Waals surface area contributed by atoms with Crippen molar-refractivity contribution in [2.75, 3.05) is 7.11 Å². The van der Waals surface area contributed by atoms with E-state index in [1.165, 1.54) is 16.3 Å². The van der Waals surface area contributed by atoms with Crippen molar-refractivity contribution in [1.82, 2.24) is 0 Å². The van der Waals surface area contributed by atoms with E-state index >= 15 is 0 Å². The van der Waals surface area contributed by atoms with Gasteiger partial charge in [-0.3, -0.25) is 0 Å². The summed E-state index contributed by atoms with van der Waals surface area (Å²) >= 11 is 0. The van der Waals surface area contributed by atoms with Crippen molar-refractivity contribution in [3.8, 4) is 16.9 Å². The summed E-state index contributed by atoms with van der Waals surface area (Å²) in [7, 11) is 1.10. The highest BCUT2D eigenvalue weighted by atomic mass is 19.2. The zero-order chi connectivity index (χ0) is 20.4. The Morgan fingerprint density at radius 2 is 1.34 bits per heavy atom. The Balaban J connectivity index is 1.52. The molecular formula is C25H19F3O. The highest BCUT2D eigenvalue weighted by molar-refractivity contribution is 5.83. The van der Waals surface area contributed by atoms with Gasteiger partial charge in [-0.2, -0.15) is 4.39 Å². The van der Waals surface area contributed by atoms with Crippen LogP contribution in [-0.2, 0) is 12.8 Å². The molecule has 0 bridgehead atoms. The fraction of sp³-hybridized carbons (Fsp3) is 0.120. The molecule has 146 valence electrons. The number of halogens is 3. The highest BCUT2D eigenvalue weighted by Gasteiger charge is 2.20. The van der Waals surface area contributed by atoms with Gasteiger partial charge in [0.05, 0.1) is 7.11 Å². The Labute approximate surface area is 167 Å². The van der Waals surface area contributed by atoms with Crippen LogP contribution in [0.3, 0.4) is 0 Å². The normalized spacial score (nSPS) is 11.0. The summed E-state index contributed by atoms with van der Waals surface area (Å²) in [6, 6.07) is 22.7. The van der Waals surface area contributed by atoms with Crippen LogP contribution in [0.5, 0.6) is 5.75 Å². The van der Waals surface area contributed by atoms with Crippen LogP contribution >= 0.6 is 0 Å². The highest BCUT2D eigenvalue weighted by Crippen LogP contribution is 2.32. The summed E-state index contributed by atoms with van der Waals surface area (Å²) in [4.78, 5) is 0. The van der Waals surface area contributed by atoms with Gasteiger partial charge in [-0.05, 0) is 46.4 Å². The van der Waals surface area contributed by atoms with Gasteiger partial charge in [-0.25, -0.2) is 8.78 Å². The van der Waals surface area contributed by atoms with Gasteiger partial charge in [0.15, 0.2) is 17.4 Å². The molecule has 0 radical (unpaired) electrons. The lowest BCUT2D eigenvalue weighted by Gasteiger charge is -2.10. The summed E-state index contributed by atoms with van der Waals surface area (Å²) in [6.07, 6.45) is 1.68. The Bertz CT molecular complexity index is 1170. The lowest BCUT2D eigenvalue weighted by molar-refractivity contribution is 0.347. The molecule has 4 aromatic rings. The average molecular weight is 392 g/mol. The molecule has 0 N–H and O–H groups in total. The van der Waals surface area contributed by atoms with Crippen molar-refractivity contribution < 1.29 is 17.9 Å². The van der Waals surface area contributed by atoms with Gasteiger partial charge in [0, 0.05) is 5.56 Å². The van der Waals surface area contributed by atoms with Crippen LogP contribution < -0.4 is 4.74 Å². The molecule has 0 aliphatic heterocycles. The van der Waals surface area contributed by atoms with Crippen LogP contribution in [0.2, 0.25) is 0 Å². The van der Waals surface area contributed by atoms with E-state index in [-0.39, 0.29) is 5.56 Å². The first kappa shape index (κ1) is 19.1. The Morgan fingerprint density at radius 3 is 2.07 bits per heavy atom. The minimum atomic E-state index is -1.32. The lowest BCUT2D eigenvalue weighted by Crippen LogP contribution is -1.99. The fourth-order valence-corrected chi connectivity index (χ4v) is 3.51. The molecule has 0 fully saturated rings. The fourth-order valence-electron chi connectivity index (χ4n) is 3.51. The molecule has 4 rings (SSSR count). The number of fused-ring (bicyclic) bond motifs is 1. The number of aryl methyl sites for hydroxylation is 2. The summed E-state index contributed by atoms with van der Waals surface area (Å²) in [5.74, 6) is -4.07. The topological polar surface area (TPSA) is 9.23 Å². The van der Waals surface area contributed by atoms with E-state index in [1.807, 2.05) is 24.3 Å². The minimum Gasteiger partial charge on any atom is -0.491 e. The smallest absolute Gasteiger partial charge is 0.204 e. The van der Waals surface area contributed by atoms with E-state index in [0.29, 0.717) is 5.56 Å². The van der Waals surface area contributed by atoms with Gasteiger partial charge in [0.25, 0.3) is 0 Å². The summed E-state index contributed by atoms with van der Waals surface area (Å²) < 4.78 is 46.8. The van der Waals surface area contributed by atoms with Gasteiger partial charge in [0.2, 0.25) is 5.82 Å². The number of hydrogen-bond acceptors (Lipinski definition) is 1. The maximum Gasteiger partial charge on any atom is 0.204 e. The quantitative estimate of drug-likeness (QED) is 0.343. The van der Waals surface area contributed by atoms with Gasteiger partial charge < -0.3 is 4.74 Å². The van der Waals surface area contributed by atoms with Crippen LogP contribution in [0.25, 0.3) is 21.9 Å². The largest absolute Gasteiger partial charge is 0.491 e. The molecule has 0 saturated carbocycles. The first-order chi connectivity index (χ1) is 14.1. The zero-order valence-electron chi connectivity index (χ0n) is 15.9. The minimum absolute atomic E-state index is 0.123. The van der Waals surface area contributed by atoms with Gasteiger partial charge in [-0.1, -0.05) is 66.7 Å². The first-order valence-corrected chi connectivity index (χ1v) is 9.35. The third kappa shape index (κ3) is 3.83. The van der Waals surface area contributed by atoms with E-state index in [1.54, 1.807) is 12.1 Å². The maximum atomic E-state index is 14.3. The summed E-state index contributed by atoms with van der Waals surface area (Å²) in [6.45, 7) is 0. The predicted octanol–water partition coefficient (Wildman–Crippen LogP) is 6.72. The second kappa shape index (κ2) is 8.00. The number of methoxy groups -OCH3 is 1. The molecule has 0 aliphatic rings. The molecule has 4 aromatic carbocycles. The molecule has 0 amide bonds. The number of hydrogen-bond donors (Lipinski definition) is 0. The Morgan fingerprint density at radius 1 is 0.690 bits per heavy atom. The van der Waals surface area contributed by atoms with E-state index in [9.17, 15) is 13.2 Å². The third-order valence-corrected chi connectivity index (χ3v) is 5.10. The molecule has 0 unspecified atom stereocenters. The standard InChI is InChI=1S/C25H19F3O/c1-29-25-22(26)15-21(23(27)24(25)28)19-12-8-16(9-13-19)6-7-17-10-11-18-4-2-3-5-20(18)14-17/h2-5,8-15H,6-7H2,1H3. The molecule has 29 heavy (non-hydrogen) atoms. The Kier molecular flexibility index (Phi) is 5.26. The molecule has 0 atom stereocenters. The number of benzene rings is 4. The molecular weight excluding hydrogens is 373 g/mol. The third-order valence-electron chi connectivity index (χ3n) is 5.10. The zero-order valence-corrected chi connectivity index (χ0v) is 15.9. The first-order valence-electron chi connectivity index (χ1n) is 9.35. The van der Waals surface area contributed by atoms with Crippen LogP contribution in [0.15, 0.2) is 72.8 Å². The monoisotopic (exact) mass is 392 g/mol. The van der Waals surface area contributed by atoms with Crippen molar-refractivity contribution >= 4 is 10.8 Å². The van der Waals surface area contributed by atoms with Crippen molar-refractivity contribution in [2.24, 2.45) is 0 Å². The molecule has 0 saturated heterocycles. The molecule has 0 spiro atoms. The predicted molar refractivity (Wildman–Crippen MR) is 110 cm³/mol. The Hall–Kier alpha value is -3.27.